The minimum Gasteiger partial charge on any atom is -0.342 e. The summed E-state index contributed by atoms with van der Waals surface area (Å²) in [7, 11) is 0. The number of halogens is 1. The summed E-state index contributed by atoms with van der Waals surface area (Å²) in [6.45, 7) is 5.26. The van der Waals surface area contributed by atoms with Crippen molar-refractivity contribution in [2.45, 2.75) is 26.2 Å². The van der Waals surface area contributed by atoms with Crippen molar-refractivity contribution in [1.82, 2.24) is 9.80 Å². The first kappa shape index (κ1) is 16.1. The molecule has 1 aliphatic carbocycles. The molecule has 3 fully saturated rings. The largest absolute Gasteiger partial charge is 0.342 e. The minimum absolute atomic E-state index is 0.0447. The van der Waals surface area contributed by atoms with Crippen molar-refractivity contribution in [1.29, 1.82) is 0 Å². The van der Waals surface area contributed by atoms with E-state index in [1.54, 1.807) is 6.07 Å². The Bertz CT molecular complexity index is 645. The van der Waals surface area contributed by atoms with E-state index < -0.39 is 0 Å². The maximum absolute atomic E-state index is 13.2. The van der Waals surface area contributed by atoms with Gasteiger partial charge in [0, 0.05) is 32.1 Å². The van der Waals surface area contributed by atoms with Gasteiger partial charge < -0.3 is 9.80 Å². The van der Waals surface area contributed by atoms with Gasteiger partial charge in [0.2, 0.25) is 5.91 Å². The number of carbonyl (C=O) groups excluding carboxylic acids is 2. The van der Waals surface area contributed by atoms with Gasteiger partial charge >= 0.3 is 0 Å². The lowest BCUT2D eigenvalue weighted by molar-refractivity contribution is -0.132. The highest BCUT2D eigenvalue weighted by Crippen LogP contribution is 2.40. The monoisotopic (exact) mass is 350 g/mol. The summed E-state index contributed by atoms with van der Waals surface area (Å²) in [4.78, 5) is 29.3. The van der Waals surface area contributed by atoms with Crippen LogP contribution in [0.4, 0.5) is 4.39 Å². The van der Waals surface area contributed by atoms with E-state index in [4.69, 9.17) is 0 Å². The topological polar surface area (TPSA) is 40.6 Å². The fraction of sp³-hybridized carbons (Fsp3) is 0.667. The molecule has 2 aliphatic heterocycles. The fourth-order valence-electron chi connectivity index (χ4n) is 4.22. The van der Waals surface area contributed by atoms with Gasteiger partial charge in [0.05, 0.1) is 4.88 Å². The van der Waals surface area contributed by atoms with Crippen LogP contribution in [0.5, 0.6) is 0 Å². The van der Waals surface area contributed by atoms with Crippen LogP contribution in [0.1, 0.15) is 35.9 Å². The first-order valence-corrected chi connectivity index (χ1v) is 9.68. The van der Waals surface area contributed by atoms with Crippen molar-refractivity contribution < 1.29 is 14.0 Å². The van der Waals surface area contributed by atoms with Crippen molar-refractivity contribution >= 4 is 23.2 Å². The van der Waals surface area contributed by atoms with E-state index in [2.05, 4.69) is 6.92 Å². The lowest BCUT2D eigenvalue weighted by Crippen LogP contribution is -2.35. The van der Waals surface area contributed by atoms with Crippen molar-refractivity contribution in [3.63, 3.8) is 0 Å². The van der Waals surface area contributed by atoms with Crippen LogP contribution in [0.3, 0.4) is 0 Å². The van der Waals surface area contributed by atoms with Gasteiger partial charge in [-0.2, -0.15) is 4.39 Å². The van der Waals surface area contributed by atoms with Crippen molar-refractivity contribution in [2.75, 3.05) is 26.2 Å². The SMILES string of the molecule is C[C@@H]1C[C@H]1C(=O)N1CC[C@@H]2CN(C(=O)c3ccc(F)s3)C[C@@H]2CC1. The Kier molecular flexibility index (Phi) is 4.11. The van der Waals surface area contributed by atoms with Crippen LogP contribution in [0.2, 0.25) is 0 Å². The molecule has 2 saturated heterocycles. The summed E-state index contributed by atoms with van der Waals surface area (Å²) in [5.74, 6) is 2.04. The Morgan fingerprint density at radius 3 is 2.25 bits per heavy atom. The first-order chi connectivity index (χ1) is 11.5. The molecule has 3 heterocycles. The number of nitrogens with zero attached hydrogens (tertiary/aromatic N) is 2. The zero-order valence-corrected chi connectivity index (χ0v) is 14.7. The quantitative estimate of drug-likeness (QED) is 0.823. The summed E-state index contributed by atoms with van der Waals surface area (Å²) >= 11 is 0.924. The van der Waals surface area contributed by atoms with Gasteiger partial charge in [-0.3, -0.25) is 9.59 Å². The predicted molar refractivity (Wildman–Crippen MR) is 90.2 cm³/mol. The number of fused-ring (bicyclic) bond motifs is 1. The molecular formula is C18H23FN2O2S. The summed E-state index contributed by atoms with van der Waals surface area (Å²) in [6, 6.07) is 2.93. The maximum Gasteiger partial charge on any atom is 0.264 e. The maximum atomic E-state index is 13.2. The average Bonchev–Trinajstić information content (AvgIpc) is 3.00. The lowest BCUT2D eigenvalue weighted by Gasteiger charge is -2.22. The molecular weight excluding hydrogens is 327 g/mol. The Morgan fingerprint density at radius 1 is 1.12 bits per heavy atom. The molecule has 24 heavy (non-hydrogen) atoms. The summed E-state index contributed by atoms with van der Waals surface area (Å²) in [6.07, 6.45) is 2.99. The third-order valence-electron chi connectivity index (χ3n) is 5.93. The number of rotatable bonds is 2. The molecule has 4 nitrogen and oxygen atoms in total. The second kappa shape index (κ2) is 6.14. The Hall–Kier alpha value is -1.43. The highest BCUT2D eigenvalue weighted by Gasteiger charge is 2.43. The van der Waals surface area contributed by atoms with E-state index in [9.17, 15) is 14.0 Å². The van der Waals surface area contributed by atoms with Crippen molar-refractivity contribution in [3.05, 3.63) is 22.1 Å². The van der Waals surface area contributed by atoms with Crippen LogP contribution in [0, 0.1) is 28.8 Å². The van der Waals surface area contributed by atoms with Crippen LogP contribution in [-0.4, -0.2) is 47.8 Å². The third-order valence-corrected chi connectivity index (χ3v) is 6.79. The Labute approximate surface area is 145 Å². The summed E-state index contributed by atoms with van der Waals surface area (Å²) in [5.41, 5.74) is 0. The van der Waals surface area contributed by atoms with Gasteiger partial charge in [-0.25, -0.2) is 0 Å². The fourth-order valence-corrected chi connectivity index (χ4v) is 4.92. The molecule has 1 aromatic rings. The van der Waals surface area contributed by atoms with Crippen LogP contribution >= 0.6 is 11.3 Å². The van der Waals surface area contributed by atoms with E-state index in [0.29, 0.717) is 28.5 Å². The summed E-state index contributed by atoms with van der Waals surface area (Å²) < 4.78 is 13.2. The zero-order valence-electron chi connectivity index (χ0n) is 13.9. The molecule has 0 radical (unpaired) electrons. The molecule has 4 rings (SSSR count). The highest BCUT2D eigenvalue weighted by molar-refractivity contribution is 7.12. The molecule has 0 aromatic carbocycles. The van der Waals surface area contributed by atoms with Crippen LogP contribution in [0.25, 0.3) is 0 Å². The Balaban J connectivity index is 1.36. The minimum atomic E-state index is -0.310. The van der Waals surface area contributed by atoms with E-state index >= 15 is 0 Å². The van der Waals surface area contributed by atoms with E-state index in [1.165, 1.54) is 6.07 Å². The smallest absolute Gasteiger partial charge is 0.264 e. The van der Waals surface area contributed by atoms with Crippen LogP contribution in [-0.2, 0) is 4.79 Å². The van der Waals surface area contributed by atoms with Crippen molar-refractivity contribution in [3.8, 4) is 0 Å². The number of hydrogen-bond donors (Lipinski definition) is 0. The molecule has 130 valence electrons. The number of thiophene rings is 1. The molecule has 3 aliphatic rings. The molecule has 0 spiro atoms. The lowest BCUT2D eigenvalue weighted by atomic mass is 9.92. The summed E-state index contributed by atoms with van der Waals surface area (Å²) in [5, 5.41) is -0.310. The third kappa shape index (κ3) is 2.96. The highest BCUT2D eigenvalue weighted by atomic mass is 32.1. The molecule has 6 heteroatoms. The van der Waals surface area contributed by atoms with Gasteiger partial charge in [0.25, 0.3) is 5.91 Å². The van der Waals surface area contributed by atoms with Crippen molar-refractivity contribution in [2.24, 2.45) is 23.7 Å². The molecule has 2 amide bonds. The Morgan fingerprint density at radius 2 is 1.75 bits per heavy atom. The van der Waals surface area contributed by atoms with Crippen LogP contribution in [0.15, 0.2) is 12.1 Å². The van der Waals surface area contributed by atoms with Gasteiger partial charge in [-0.15, -0.1) is 11.3 Å². The van der Waals surface area contributed by atoms with Gasteiger partial charge in [-0.05, 0) is 49.1 Å². The second-order valence-electron chi connectivity index (χ2n) is 7.56. The molecule has 1 aromatic heterocycles. The normalized spacial score (nSPS) is 32.4. The number of carbonyl (C=O) groups is 2. The predicted octanol–water partition coefficient (Wildman–Crippen LogP) is 2.85. The number of amides is 2. The molecule has 0 unspecified atom stereocenters. The molecule has 4 atom stereocenters. The van der Waals surface area contributed by atoms with E-state index in [1.807, 2.05) is 9.80 Å². The second-order valence-corrected chi connectivity index (χ2v) is 8.59. The van der Waals surface area contributed by atoms with Crippen LogP contribution < -0.4 is 0 Å². The average molecular weight is 350 g/mol. The van der Waals surface area contributed by atoms with Gasteiger partial charge in [0.15, 0.2) is 5.13 Å². The van der Waals surface area contributed by atoms with Gasteiger partial charge in [-0.1, -0.05) is 6.92 Å². The van der Waals surface area contributed by atoms with E-state index in [0.717, 1.165) is 56.8 Å². The molecule has 1 saturated carbocycles. The number of hydrogen-bond acceptors (Lipinski definition) is 3. The molecule has 0 bridgehead atoms. The zero-order chi connectivity index (χ0) is 16.8. The van der Waals surface area contributed by atoms with E-state index in [-0.39, 0.29) is 17.0 Å². The standard InChI is InChI=1S/C18H23FN2O2S/c1-11-8-14(11)17(22)20-6-4-12-9-21(10-13(12)5-7-20)18(23)15-2-3-16(19)24-15/h2-3,11-14H,4-10H2,1H3/t11-,12-,13+,14-/m1/s1. The number of likely N-dealkylation sites (tertiary alicyclic amines) is 2. The van der Waals surface area contributed by atoms with Gasteiger partial charge in [0.1, 0.15) is 0 Å². The first-order valence-electron chi connectivity index (χ1n) is 8.86. The molecule has 0 N–H and O–H groups in total.